The first kappa shape index (κ1) is 23.2. The van der Waals surface area contributed by atoms with E-state index >= 15 is 0 Å². The first-order valence-corrected chi connectivity index (χ1v) is 13.3. The molecular weight excluding hydrogens is 478 g/mol. The van der Waals surface area contributed by atoms with E-state index in [1.807, 2.05) is 60.1 Å². The topological polar surface area (TPSA) is 71.7 Å². The van der Waals surface area contributed by atoms with E-state index in [1.165, 1.54) is 39.9 Å². The maximum Gasteiger partial charge on any atom is 0.279 e. The summed E-state index contributed by atoms with van der Waals surface area (Å²) in [6.45, 7) is 0.260. The van der Waals surface area contributed by atoms with E-state index in [2.05, 4.69) is 23.2 Å². The van der Waals surface area contributed by atoms with Gasteiger partial charge in [-0.15, -0.1) is 0 Å². The number of benzene rings is 4. The lowest BCUT2D eigenvalue weighted by atomic mass is 10.1. The van der Waals surface area contributed by atoms with Crippen molar-refractivity contribution in [2.45, 2.75) is 11.4 Å². The van der Waals surface area contributed by atoms with Crippen molar-refractivity contribution in [2.24, 2.45) is 12.0 Å². The Hall–Kier alpha value is -3.59. The Bertz CT molecular complexity index is 1720. The van der Waals surface area contributed by atoms with Gasteiger partial charge in [-0.05, 0) is 41.3 Å². The lowest BCUT2D eigenvalue weighted by Crippen LogP contribution is -2.26. The molecule has 0 unspecified atom stereocenters. The SMILES string of the molecule is CN(Cc1ccccc1)S(=O)(=O)c1ccc(C(=O)N=c2sc3c4ccccc4ccc3n2C)cc1. The van der Waals surface area contributed by atoms with E-state index in [0.29, 0.717) is 10.4 Å². The molecule has 1 amide bonds. The summed E-state index contributed by atoms with van der Waals surface area (Å²) in [4.78, 5) is 18.0. The Morgan fingerprint density at radius 3 is 2.34 bits per heavy atom. The standard InChI is InChI=1S/C27H23N3O3S2/c1-29(18-19-8-4-3-5-9-19)35(32,33)22-15-12-21(13-16-22)26(31)28-27-30(2)24-17-14-20-10-6-7-11-23(20)25(24)34-27/h3-17H,18H2,1-2H3. The third-order valence-corrected chi connectivity index (χ3v) is 8.95. The quantitative estimate of drug-likeness (QED) is 0.342. The summed E-state index contributed by atoms with van der Waals surface area (Å²) in [6, 6.07) is 27.5. The van der Waals surface area contributed by atoms with Crippen LogP contribution in [-0.4, -0.2) is 30.2 Å². The second-order valence-electron chi connectivity index (χ2n) is 8.27. The number of aryl methyl sites for hydroxylation is 1. The van der Waals surface area contributed by atoms with Crippen LogP contribution in [0.5, 0.6) is 0 Å². The van der Waals surface area contributed by atoms with Crippen molar-refractivity contribution in [1.82, 2.24) is 8.87 Å². The van der Waals surface area contributed by atoms with Crippen LogP contribution in [0.25, 0.3) is 21.0 Å². The Labute approximate surface area is 207 Å². The fraction of sp³-hybridized carbons (Fsp3) is 0.111. The molecule has 0 spiro atoms. The molecule has 0 fully saturated rings. The molecule has 5 aromatic rings. The maximum atomic E-state index is 13.0. The summed E-state index contributed by atoms with van der Waals surface area (Å²) in [6.07, 6.45) is 0. The smallest absolute Gasteiger partial charge is 0.279 e. The van der Waals surface area contributed by atoms with Crippen molar-refractivity contribution in [2.75, 3.05) is 7.05 Å². The zero-order chi connectivity index (χ0) is 24.6. The van der Waals surface area contributed by atoms with Crippen molar-refractivity contribution in [3.8, 4) is 0 Å². The van der Waals surface area contributed by atoms with Crippen LogP contribution in [0.2, 0.25) is 0 Å². The maximum absolute atomic E-state index is 13.0. The minimum Gasteiger partial charge on any atom is -0.319 e. The Morgan fingerprint density at radius 2 is 1.60 bits per heavy atom. The van der Waals surface area contributed by atoms with Gasteiger partial charge in [0.05, 0.1) is 15.1 Å². The third kappa shape index (κ3) is 4.43. The van der Waals surface area contributed by atoms with E-state index in [1.54, 1.807) is 7.05 Å². The van der Waals surface area contributed by atoms with Crippen molar-refractivity contribution in [1.29, 1.82) is 0 Å². The van der Waals surface area contributed by atoms with Crippen LogP contribution in [0.1, 0.15) is 15.9 Å². The summed E-state index contributed by atoms with van der Waals surface area (Å²) in [5, 5.41) is 2.25. The number of carbonyl (C=O) groups is 1. The summed E-state index contributed by atoms with van der Waals surface area (Å²) in [5.41, 5.74) is 2.23. The predicted molar refractivity (Wildman–Crippen MR) is 140 cm³/mol. The third-order valence-electron chi connectivity index (χ3n) is 5.96. The Kier molecular flexibility index (Phi) is 6.10. The summed E-state index contributed by atoms with van der Waals surface area (Å²) in [5.74, 6) is -0.418. The van der Waals surface area contributed by atoms with Crippen LogP contribution in [0.15, 0.2) is 101 Å². The lowest BCUT2D eigenvalue weighted by Gasteiger charge is -2.17. The number of rotatable bonds is 5. The highest BCUT2D eigenvalue weighted by molar-refractivity contribution is 7.89. The Balaban J connectivity index is 1.42. The van der Waals surface area contributed by atoms with Crippen LogP contribution in [0, 0.1) is 0 Å². The molecule has 0 saturated carbocycles. The van der Waals surface area contributed by atoms with Gasteiger partial charge in [0.2, 0.25) is 10.0 Å². The van der Waals surface area contributed by atoms with Gasteiger partial charge in [-0.2, -0.15) is 9.30 Å². The molecular formula is C27H23N3O3S2. The molecule has 0 atom stereocenters. The van der Waals surface area contributed by atoms with E-state index in [0.717, 1.165) is 26.6 Å². The molecule has 8 heteroatoms. The van der Waals surface area contributed by atoms with Crippen molar-refractivity contribution in [3.05, 3.63) is 107 Å². The molecule has 35 heavy (non-hydrogen) atoms. The Morgan fingerprint density at radius 1 is 0.914 bits per heavy atom. The molecule has 0 aliphatic rings. The zero-order valence-corrected chi connectivity index (χ0v) is 20.9. The minimum atomic E-state index is -3.69. The van der Waals surface area contributed by atoms with E-state index in [-0.39, 0.29) is 11.4 Å². The fourth-order valence-electron chi connectivity index (χ4n) is 3.99. The second kappa shape index (κ2) is 9.22. The number of aromatic nitrogens is 1. The van der Waals surface area contributed by atoms with Gasteiger partial charge >= 0.3 is 0 Å². The van der Waals surface area contributed by atoms with E-state index < -0.39 is 15.9 Å². The average Bonchev–Trinajstić information content (AvgIpc) is 3.20. The van der Waals surface area contributed by atoms with E-state index in [4.69, 9.17) is 0 Å². The molecule has 0 radical (unpaired) electrons. The first-order chi connectivity index (χ1) is 16.8. The summed E-state index contributed by atoms with van der Waals surface area (Å²) >= 11 is 1.46. The molecule has 6 nitrogen and oxygen atoms in total. The molecule has 1 heterocycles. The van der Waals surface area contributed by atoms with Crippen LogP contribution in [0.4, 0.5) is 0 Å². The van der Waals surface area contributed by atoms with Gasteiger partial charge in [0.25, 0.3) is 5.91 Å². The molecule has 5 rings (SSSR count). The largest absolute Gasteiger partial charge is 0.319 e. The average molecular weight is 502 g/mol. The number of sulfonamides is 1. The van der Waals surface area contributed by atoms with Gasteiger partial charge in [0.15, 0.2) is 4.80 Å². The molecule has 0 aliphatic heterocycles. The number of carbonyl (C=O) groups excluding carboxylic acids is 1. The van der Waals surface area contributed by atoms with Gasteiger partial charge < -0.3 is 4.57 Å². The van der Waals surface area contributed by atoms with E-state index in [9.17, 15) is 13.2 Å². The fourth-order valence-corrected chi connectivity index (χ4v) is 6.30. The van der Waals surface area contributed by atoms with Crippen molar-refractivity contribution in [3.63, 3.8) is 0 Å². The number of nitrogens with zero attached hydrogens (tertiary/aromatic N) is 3. The number of fused-ring (bicyclic) bond motifs is 3. The van der Waals surface area contributed by atoms with Crippen molar-refractivity contribution >= 4 is 48.3 Å². The molecule has 0 saturated heterocycles. The van der Waals surface area contributed by atoms with Gasteiger partial charge in [0, 0.05) is 31.6 Å². The van der Waals surface area contributed by atoms with Crippen LogP contribution >= 0.6 is 11.3 Å². The number of thiazole rings is 1. The molecule has 4 aromatic carbocycles. The monoisotopic (exact) mass is 501 g/mol. The normalized spacial score (nSPS) is 12.6. The highest BCUT2D eigenvalue weighted by Crippen LogP contribution is 2.27. The predicted octanol–water partition coefficient (Wildman–Crippen LogP) is 4.95. The molecule has 176 valence electrons. The lowest BCUT2D eigenvalue weighted by molar-refractivity contribution is 0.0998. The minimum absolute atomic E-state index is 0.131. The number of hydrogen-bond acceptors (Lipinski definition) is 4. The second-order valence-corrected chi connectivity index (χ2v) is 11.3. The molecule has 0 aliphatic carbocycles. The van der Waals surface area contributed by atoms with Gasteiger partial charge in [-0.3, -0.25) is 4.79 Å². The summed E-state index contributed by atoms with van der Waals surface area (Å²) < 4.78 is 30.2. The van der Waals surface area contributed by atoms with Gasteiger partial charge in [0.1, 0.15) is 0 Å². The highest BCUT2D eigenvalue weighted by Gasteiger charge is 2.21. The van der Waals surface area contributed by atoms with Crippen molar-refractivity contribution < 1.29 is 13.2 Å². The van der Waals surface area contributed by atoms with Crippen LogP contribution in [0.3, 0.4) is 0 Å². The number of amides is 1. The molecule has 0 bridgehead atoms. The molecule has 1 aromatic heterocycles. The molecule has 0 N–H and O–H groups in total. The van der Waals surface area contributed by atoms with Crippen LogP contribution < -0.4 is 4.80 Å². The van der Waals surface area contributed by atoms with Gasteiger partial charge in [-0.1, -0.05) is 72.0 Å². The highest BCUT2D eigenvalue weighted by atomic mass is 32.2. The first-order valence-electron chi connectivity index (χ1n) is 11.0. The summed E-state index contributed by atoms with van der Waals surface area (Å²) in [7, 11) is -0.264. The number of hydrogen-bond donors (Lipinski definition) is 0. The van der Waals surface area contributed by atoms with Crippen LogP contribution in [-0.2, 0) is 23.6 Å². The van der Waals surface area contributed by atoms with Gasteiger partial charge in [-0.25, -0.2) is 8.42 Å². The zero-order valence-electron chi connectivity index (χ0n) is 19.3.